The van der Waals surface area contributed by atoms with Gasteiger partial charge in [-0.1, -0.05) is 33.8 Å². The maximum Gasteiger partial charge on any atom is 0.198 e. The van der Waals surface area contributed by atoms with E-state index in [1.807, 2.05) is 0 Å². The average molecular weight is 217 g/mol. The number of hydrogen-bond acceptors (Lipinski definition) is 2. The van der Waals surface area contributed by atoms with Crippen molar-refractivity contribution in [2.24, 2.45) is 5.92 Å². The Morgan fingerprint density at radius 2 is 1.94 bits per heavy atom. The zero-order chi connectivity index (χ0) is 11.7. The molecule has 1 aromatic heterocycles. The van der Waals surface area contributed by atoms with Gasteiger partial charge in [-0.05, 0) is 30.0 Å². The van der Waals surface area contributed by atoms with Crippen LogP contribution in [0, 0.1) is 5.92 Å². The SMILES string of the molecule is CC(C)Cc1ccc2nc(C(C)C)oc2c1. The Hall–Kier alpha value is -1.31. The predicted molar refractivity (Wildman–Crippen MR) is 66.6 cm³/mol. The van der Waals surface area contributed by atoms with Crippen LogP contribution < -0.4 is 0 Å². The van der Waals surface area contributed by atoms with Crippen LogP contribution in [-0.4, -0.2) is 4.98 Å². The van der Waals surface area contributed by atoms with Crippen molar-refractivity contribution in [2.75, 3.05) is 0 Å². The summed E-state index contributed by atoms with van der Waals surface area (Å²) in [4.78, 5) is 4.47. The lowest BCUT2D eigenvalue weighted by Gasteiger charge is -2.03. The number of rotatable bonds is 3. The molecule has 1 aromatic carbocycles. The van der Waals surface area contributed by atoms with Crippen molar-refractivity contribution in [3.05, 3.63) is 29.7 Å². The van der Waals surface area contributed by atoms with Gasteiger partial charge in [-0.15, -0.1) is 0 Å². The first-order valence-corrected chi connectivity index (χ1v) is 5.95. The smallest absolute Gasteiger partial charge is 0.198 e. The lowest BCUT2D eigenvalue weighted by Crippen LogP contribution is -1.92. The van der Waals surface area contributed by atoms with Gasteiger partial charge < -0.3 is 4.42 Å². The van der Waals surface area contributed by atoms with E-state index in [1.54, 1.807) is 0 Å². The van der Waals surface area contributed by atoms with Crippen molar-refractivity contribution in [1.29, 1.82) is 0 Å². The average Bonchev–Trinajstić information content (AvgIpc) is 2.59. The molecule has 0 saturated heterocycles. The van der Waals surface area contributed by atoms with E-state index in [0.29, 0.717) is 11.8 Å². The zero-order valence-corrected chi connectivity index (χ0v) is 10.4. The Balaban J connectivity index is 2.38. The molecule has 0 fully saturated rings. The molecule has 1 heterocycles. The molecule has 0 amide bonds. The van der Waals surface area contributed by atoms with Crippen molar-refractivity contribution in [2.45, 2.75) is 40.0 Å². The summed E-state index contributed by atoms with van der Waals surface area (Å²) in [5.41, 5.74) is 3.21. The second kappa shape index (κ2) is 4.28. The summed E-state index contributed by atoms with van der Waals surface area (Å²) in [5.74, 6) is 1.85. The summed E-state index contributed by atoms with van der Waals surface area (Å²) in [6, 6.07) is 6.32. The Labute approximate surface area is 96.7 Å². The number of benzene rings is 1. The van der Waals surface area contributed by atoms with Gasteiger partial charge in [-0.25, -0.2) is 4.98 Å². The van der Waals surface area contributed by atoms with E-state index in [1.165, 1.54) is 5.56 Å². The standard InChI is InChI=1S/C14H19NO/c1-9(2)7-11-5-6-12-13(8-11)16-14(15-12)10(3)4/h5-6,8-10H,7H2,1-4H3. The molecule has 0 N–H and O–H groups in total. The number of fused-ring (bicyclic) bond motifs is 1. The first-order chi connectivity index (χ1) is 7.56. The Morgan fingerprint density at radius 1 is 1.19 bits per heavy atom. The molecule has 0 spiro atoms. The normalized spacial score (nSPS) is 11.9. The third-order valence-corrected chi connectivity index (χ3v) is 2.61. The molecule has 0 unspecified atom stereocenters. The first kappa shape index (κ1) is 11.2. The van der Waals surface area contributed by atoms with Gasteiger partial charge in [0.2, 0.25) is 0 Å². The van der Waals surface area contributed by atoms with Crippen LogP contribution in [0.1, 0.15) is 45.1 Å². The van der Waals surface area contributed by atoms with Crippen molar-refractivity contribution in [3.63, 3.8) is 0 Å². The topological polar surface area (TPSA) is 26.0 Å². The maximum atomic E-state index is 5.74. The molecule has 2 rings (SSSR count). The first-order valence-electron chi connectivity index (χ1n) is 5.95. The van der Waals surface area contributed by atoms with E-state index in [9.17, 15) is 0 Å². The van der Waals surface area contributed by atoms with Crippen molar-refractivity contribution in [1.82, 2.24) is 4.98 Å². The second-order valence-corrected chi connectivity index (χ2v) is 5.11. The van der Waals surface area contributed by atoms with E-state index < -0.39 is 0 Å². The van der Waals surface area contributed by atoms with Crippen molar-refractivity contribution < 1.29 is 4.42 Å². The van der Waals surface area contributed by atoms with Crippen LogP contribution in [0.3, 0.4) is 0 Å². The molecular formula is C14H19NO. The number of nitrogens with zero attached hydrogens (tertiary/aromatic N) is 1. The van der Waals surface area contributed by atoms with Gasteiger partial charge in [-0.3, -0.25) is 0 Å². The maximum absolute atomic E-state index is 5.74. The van der Waals surface area contributed by atoms with Crippen molar-refractivity contribution in [3.8, 4) is 0 Å². The minimum atomic E-state index is 0.348. The van der Waals surface area contributed by atoms with Crippen molar-refractivity contribution >= 4 is 11.1 Å². The molecule has 0 bridgehead atoms. The Kier molecular flexibility index (Phi) is 2.99. The lowest BCUT2D eigenvalue weighted by molar-refractivity contribution is 0.501. The van der Waals surface area contributed by atoms with Gasteiger partial charge in [0.05, 0.1) is 0 Å². The van der Waals surface area contributed by atoms with Gasteiger partial charge in [0.25, 0.3) is 0 Å². The molecule has 0 saturated carbocycles. The fraction of sp³-hybridized carbons (Fsp3) is 0.500. The summed E-state index contributed by atoms with van der Waals surface area (Å²) in [6.07, 6.45) is 1.09. The molecule has 0 atom stereocenters. The minimum absolute atomic E-state index is 0.348. The van der Waals surface area contributed by atoms with Crippen LogP contribution in [0.2, 0.25) is 0 Å². The largest absolute Gasteiger partial charge is 0.440 e. The summed E-state index contributed by atoms with van der Waals surface area (Å²) in [6.45, 7) is 8.65. The van der Waals surface area contributed by atoms with Crippen LogP contribution in [0.5, 0.6) is 0 Å². The van der Waals surface area contributed by atoms with E-state index in [0.717, 1.165) is 23.4 Å². The lowest BCUT2D eigenvalue weighted by atomic mass is 10.0. The van der Waals surface area contributed by atoms with E-state index in [-0.39, 0.29) is 0 Å². The third kappa shape index (κ3) is 2.26. The summed E-state index contributed by atoms with van der Waals surface area (Å²) in [7, 11) is 0. The Morgan fingerprint density at radius 3 is 2.56 bits per heavy atom. The van der Waals surface area contributed by atoms with Crippen LogP contribution in [0.4, 0.5) is 0 Å². The van der Waals surface area contributed by atoms with Gasteiger partial charge in [0.1, 0.15) is 5.52 Å². The highest BCUT2D eigenvalue weighted by Gasteiger charge is 2.09. The Bertz CT molecular complexity index is 482. The van der Waals surface area contributed by atoms with E-state index in [4.69, 9.17) is 4.42 Å². The zero-order valence-electron chi connectivity index (χ0n) is 10.4. The number of oxazole rings is 1. The minimum Gasteiger partial charge on any atom is -0.440 e. The molecule has 2 aromatic rings. The molecule has 2 nitrogen and oxygen atoms in total. The molecule has 2 heteroatoms. The van der Waals surface area contributed by atoms with E-state index in [2.05, 4.69) is 50.9 Å². The van der Waals surface area contributed by atoms with Gasteiger partial charge in [0, 0.05) is 5.92 Å². The highest BCUT2D eigenvalue weighted by atomic mass is 16.3. The molecule has 86 valence electrons. The van der Waals surface area contributed by atoms with Gasteiger partial charge in [-0.2, -0.15) is 0 Å². The highest BCUT2D eigenvalue weighted by molar-refractivity contribution is 5.73. The summed E-state index contributed by atoms with van der Waals surface area (Å²) >= 11 is 0. The molecular weight excluding hydrogens is 198 g/mol. The fourth-order valence-corrected chi connectivity index (χ4v) is 1.83. The number of hydrogen-bond donors (Lipinski definition) is 0. The monoisotopic (exact) mass is 217 g/mol. The summed E-state index contributed by atoms with van der Waals surface area (Å²) in [5, 5.41) is 0. The summed E-state index contributed by atoms with van der Waals surface area (Å²) < 4.78 is 5.74. The molecule has 0 aliphatic heterocycles. The van der Waals surface area contributed by atoms with Gasteiger partial charge in [0.15, 0.2) is 11.5 Å². The van der Waals surface area contributed by atoms with Crippen LogP contribution in [0.15, 0.2) is 22.6 Å². The van der Waals surface area contributed by atoms with E-state index >= 15 is 0 Å². The quantitative estimate of drug-likeness (QED) is 0.772. The molecule has 0 radical (unpaired) electrons. The fourth-order valence-electron chi connectivity index (χ4n) is 1.83. The highest BCUT2D eigenvalue weighted by Crippen LogP contribution is 2.22. The molecule has 16 heavy (non-hydrogen) atoms. The second-order valence-electron chi connectivity index (χ2n) is 5.11. The van der Waals surface area contributed by atoms with Gasteiger partial charge >= 0.3 is 0 Å². The molecule has 0 aliphatic carbocycles. The van der Waals surface area contributed by atoms with Crippen LogP contribution in [0.25, 0.3) is 11.1 Å². The third-order valence-electron chi connectivity index (χ3n) is 2.61. The van der Waals surface area contributed by atoms with Crippen LogP contribution >= 0.6 is 0 Å². The number of aromatic nitrogens is 1. The predicted octanol–water partition coefficient (Wildman–Crippen LogP) is 4.15. The molecule has 0 aliphatic rings. The van der Waals surface area contributed by atoms with Crippen LogP contribution in [-0.2, 0) is 6.42 Å².